The number of hydrogen-bond donors (Lipinski definition) is 0. The normalized spacial score (nSPS) is 15.3. The minimum atomic E-state index is 1.09. The molecule has 23 heavy (non-hydrogen) atoms. The van der Waals surface area contributed by atoms with Crippen LogP contribution in [0.3, 0.4) is 0 Å². The predicted octanol–water partition coefficient (Wildman–Crippen LogP) is 4.97. The third-order valence-electron chi connectivity index (χ3n) is 4.68. The molecule has 1 saturated heterocycles. The van der Waals surface area contributed by atoms with Gasteiger partial charge in [0.1, 0.15) is 17.0 Å². The maximum atomic E-state index is 4.66. The molecule has 0 N–H and O–H groups in total. The second kappa shape index (κ2) is 5.93. The second-order valence-corrected chi connectivity index (χ2v) is 7.25. The van der Waals surface area contributed by atoms with Gasteiger partial charge in [-0.1, -0.05) is 23.8 Å². The zero-order chi connectivity index (χ0) is 15.8. The van der Waals surface area contributed by atoms with Gasteiger partial charge in [0.15, 0.2) is 0 Å². The maximum absolute atomic E-state index is 4.66. The van der Waals surface area contributed by atoms with Crippen molar-refractivity contribution in [2.24, 2.45) is 0 Å². The fourth-order valence-electron chi connectivity index (χ4n) is 3.52. The van der Waals surface area contributed by atoms with Gasteiger partial charge in [0.25, 0.3) is 0 Å². The van der Waals surface area contributed by atoms with Gasteiger partial charge < -0.3 is 4.90 Å². The summed E-state index contributed by atoms with van der Waals surface area (Å²) in [7, 11) is 0. The highest BCUT2D eigenvalue weighted by Crippen LogP contribution is 2.39. The fourth-order valence-corrected chi connectivity index (χ4v) is 4.42. The minimum absolute atomic E-state index is 1.09. The van der Waals surface area contributed by atoms with Crippen LogP contribution in [0.1, 0.15) is 30.4 Å². The highest BCUT2D eigenvalue weighted by molar-refractivity contribution is 7.17. The van der Waals surface area contributed by atoms with Gasteiger partial charge in [-0.15, -0.1) is 11.3 Å². The maximum Gasteiger partial charge on any atom is 0.141 e. The molecule has 1 aliphatic heterocycles. The first-order chi connectivity index (χ1) is 11.2. The van der Waals surface area contributed by atoms with Crippen molar-refractivity contribution in [1.29, 1.82) is 0 Å². The molecule has 0 unspecified atom stereocenters. The third-order valence-corrected chi connectivity index (χ3v) is 5.56. The van der Waals surface area contributed by atoms with E-state index in [-0.39, 0.29) is 0 Å². The topological polar surface area (TPSA) is 29.0 Å². The standard InChI is InChI=1S/C19H21N3S/c1-13-6-7-15(14(2)10-13)16-11-23-19-17(16)18(20-12-21-19)22-8-4-3-5-9-22/h6-7,10-12H,3-5,8-9H2,1-2H3. The number of aryl methyl sites for hydroxylation is 2. The zero-order valence-corrected chi connectivity index (χ0v) is 14.5. The molecule has 3 heterocycles. The second-order valence-electron chi connectivity index (χ2n) is 6.39. The summed E-state index contributed by atoms with van der Waals surface area (Å²) in [4.78, 5) is 12.7. The van der Waals surface area contributed by atoms with E-state index in [0.717, 1.165) is 23.7 Å². The molecule has 3 nitrogen and oxygen atoms in total. The van der Waals surface area contributed by atoms with E-state index in [1.807, 2.05) is 0 Å². The Hall–Kier alpha value is -1.94. The van der Waals surface area contributed by atoms with Crippen LogP contribution in [0.5, 0.6) is 0 Å². The Labute approximate surface area is 141 Å². The van der Waals surface area contributed by atoms with E-state index in [4.69, 9.17) is 0 Å². The number of aromatic nitrogens is 2. The smallest absolute Gasteiger partial charge is 0.141 e. The number of piperidine rings is 1. The summed E-state index contributed by atoms with van der Waals surface area (Å²) in [6.07, 6.45) is 5.57. The lowest BCUT2D eigenvalue weighted by Crippen LogP contribution is -2.30. The fraction of sp³-hybridized carbons (Fsp3) is 0.368. The Morgan fingerprint density at radius 3 is 2.61 bits per heavy atom. The molecule has 0 aliphatic carbocycles. The van der Waals surface area contributed by atoms with Crippen LogP contribution in [0.4, 0.5) is 5.82 Å². The van der Waals surface area contributed by atoms with Crippen molar-refractivity contribution < 1.29 is 0 Å². The molecule has 0 saturated carbocycles. The van der Waals surface area contributed by atoms with Crippen molar-refractivity contribution in [3.8, 4) is 11.1 Å². The van der Waals surface area contributed by atoms with Crippen molar-refractivity contribution >= 4 is 27.4 Å². The van der Waals surface area contributed by atoms with Crippen LogP contribution in [0, 0.1) is 13.8 Å². The van der Waals surface area contributed by atoms with Gasteiger partial charge in [-0.05, 0) is 44.2 Å². The van der Waals surface area contributed by atoms with Crippen molar-refractivity contribution in [2.45, 2.75) is 33.1 Å². The molecule has 1 fully saturated rings. The number of rotatable bonds is 2. The lowest BCUT2D eigenvalue weighted by Gasteiger charge is -2.28. The monoisotopic (exact) mass is 323 g/mol. The number of anilines is 1. The number of hydrogen-bond acceptors (Lipinski definition) is 4. The SMILES string of the molecule is Cc1ccc(-c2csc3ncnc(N4CCCCC4)c23)c(C)c1. The summed E-state index contributed by atoms with van der Waals surface area (Å²) < 4.78 is 0. The molecule has 118 valence electrons. The summed E-state index contributed by atoms with van der Waals surface area (Å²) in [6.45, 7) is 6.55. The molecule has 2 aromatic heterocycles. The van der Waals surface area contributed by atoms with Gasteiger partial charge in [-0.2, -0.15) is 0 Å². The predicted molar refractivity (Wildman–Crippen MR) is 98.4 cm³/mol. The number of benzene rings is 1. The van der Waals surface area contributed by atoms with Crippen LogP contribution >= 0.6 is 11.3 Å². The quantitative estimate of drug-likeness (QED) is 0.667. The van der Waals surface area contributed by atoms with Gasteiger partial charge >= 0.3 is 0 Å². The molecular weight excluding hydrogens is 302 g/mol. The van der Waals surface area contributed by atoms with Crippen molar-refractivity contribution in [1.82, 2.24) is 9.97 Å². The van der Waals surface area contributed by atoms with Gasteiger partial charge in [0.05, 0.1) is 5.39 Å². The van der Waals surface area contributed by atoms with Crippen molar-refractivity contribution in [3.05, 3.63) is 41.0 Å². The van der Waals surface area contributed by atoms with Gasteiger partial charge in [0.2, 0.25) is 0 Å². The van der Waals surface area contributed by atoms with Gasteiger partial charge in [0, 0.05) is 24.0 Å². The third kappa shape index (κ3) is 2.61. The average Bonchev–Trinajstić information content (AvgIpc) is 3.00. The summed E-state index contributed by atoms with van der Waals surface area (Å²) >= 11 is 1.72. The molecule has 1 aliphatic rings. The Kier molecular flexibility index (Phi) is 3.77. The molecule has 4 heteroatoms. The summed E-state index contributed by atoms with van der Waals surface area (Å²) in [5.74, 6) is 1.12. The highest BCUT2D eigenvalue weighted by atomic mass is 32.1. The molecule has 0 radical (unpaired) electrons. The molecule has 0 atom stereocenters. The molecular formula is C19H21N3S. The van der Waals surface area contributed by atoms with Gasteiger partial charge in [-0.25, -0.2) is 9.97 Å². The van der Waals surface area contributed by atoms with Crippen molar-refractivity contribution in [2.75, 3.05) is 18.0 Å². The largest absolute Gasteiger partial charge is 0.356 e. The first-order valence-electron chi connectivity index (χ1n) is 8.29. The number of fused-ring (bicyclic) bond motifs is 1. The Balaban J connectivity index is 1.90. The average molecular weight is 323 g/mol. The first-order valence-corrected chi connectivity index (χ1v) is 9.17. The number of thiophene rings is 1. The summed E-state index contributed by atoms with van der Waals surface area (Å²) in [5, 5.41) is 3.47. The van der Waals surface area contributed by atoms with E-state index in [1.54, 1.807) is 17.7 Å². The van der Waals surface area contributed by atoms with Gasteiger partial charge in [-0.3, -0.25) is 0 Å². The molecule has 4 rings (SSSR count). The molecule has 1 aromatic carbocycles. The Morgan fingerprint density at radius 2 is 1.83 bits per heavy atom. The lowest BCUT2D eigenvalue weighted by molar-refractivity contribution is 0.574. The van der Waals surface area contributed by atoms with Crippen LogP contribution < -0.4 is 4.90 Å². The molecule has 0 amide bonds. The molecule has 3 aromatic rings. The van der Waals surface area contributed by atoms with Crippen LogP contribution in [-0.2, 0) is 0 Å². The Bertz CT molecular complexity index is 847. The van der Waals surface area contributed by atoms with Crippen LogP contribution in [0.2, 0.25) is 0 Å². The highest BCUT2D eigenvalue weighted by Gasteiger charge is 2.20. The summed E-state index contributed by atoms with van der Waals surface area (Å²) in [5.41, 5.74) is 5.20. The molecule has 0 spiro atoms. The van der Waals surface area contributed by atoms with E-state index in [0.29, 0.717) is 0 Å². The van der Waals surface area contributed by atoms with Crippen LogP contribution in [0.25, 0.3) is 21.3 Å². The lowest BCUT2D eigenvalue weighted by atomic mass is 9.98. The minimum Gasteiger partial charge on any atom is -0.356 e. The summed E-state index contributed by atoms with van der Waals surface area (Å²) in [6, 6.07) is 6.68. The first kappa shape index (κ1) is 14.6. The van der Waals surface area contributed by atoms with E-state index in [2.05, 4.69) is 52.3 Å². The van der Waals surface area contributed by atoms with Crippen LogP contribution in [-0.4, -0.2) is 23.1 Å². The molecule has 0 bridgehead atoms. The van der Waals surface area contributed by atoms with Crippen molar-refractivity contribution in [3.63, 3.8) is 0 Å². The van der Waals surface area contributed by atoms with E-state index >= 15 is 0 Å². The van der Waals surface area contributed by atoms with E-state index in [9.17, 15) is 0 Å². The van der Waals surface area contributed by atoms with Crippen LogP contribution in [0.15, 0.2) is 29.9 Å². The van der Waals surface area contributed by atoms with E-state index < -0.39 is 0 Å². The number of nitrogens with zero attached hydrogens (tertiary/aromatic N) is 3. The zero-order valence-electron chi connectivity index (χ0n) is 13.7. The van der Waals surface area contributed by atoms with E-state index in [1.165, 1.54) is 46.9 Å². The Morgan fingerprint density at radius 1 is 1.00 bits per heavy atom.